The van der Waals surface area contributed by atoms with Crippen molar-refractivity contribution in [2.75, 3.05) is 0 Å². The number of nitrogens with zero attached hydrogens (tertiary/aromatic N) is 5. The zero-order valence-corrected chi connectivity index (χ0v) is 24.6. The van der Waals surface area contributed by atoms with Crippen LogP contribution in [0.3, 0.4) is 0 Å². The fourth-order valence-electron chi connectivity index (χ4n) is 7.04. The minimum Gasteiger partial charge on any atom is -0.457 e. The number of pyridine rings is 3. The van der Waals surface area contributed by atoms with E-state index in [1.165, 1.54) is 16.5 Å². The van der Waals surface area contributed by atoms with E-state index < -0.39 is 0 Å². The summed E-state index contributed by atoms with van der Waals surface area (Å²) in [6, 6.07) is 35.9. The average Bonchev–Trinajstić information content (AvgIpc) is 3.66. The zero-order chi connectivity index (χ0) is 29.8. The van der Waals surface area contributed by atoms with Crippen molar-refractivity contribution in [1.82, 2.24) is 23.8 Å². The summed E-state index contributed by atoms with van der Waals surface area (Å²) in [5, 5.41) is 6.69. The number of imidazole rings is 2. The average molecular weight is 580 g/mol. The number of hydrogen-bond acceptors (Lipinski definition) is 4. The van der Waals surface area contributed by atoms with Gasteiger partial charge in [-0.3, -0.25) is 13.8 Å². The van der Waals surface area contributed by atoms with Crippen LogP contribution in [0.2, 0.25) is 0 Å². The molecule has 0 unspecified atom stereocenters. The number of aryl methyl sites for hydroxylation is 2. The van der Waals surface area contributed by atoms with Crippen LogP contribution in [0.4, 0.5) is 0 Å². The minimum absolute atomic E-state index is 0.751. The van der Waals surface area contributed by atoms with Crippen molar-refractivity contribution in [1.29, 1.82) is 0 Å². The van der Waals surface area contributed by atoms with Gasteiger partial charge in [0.1, 0.15) is 22.8 Å². The van der Waals surface area contributed by atoms with Crippen molar-refractivity contribution in [3.8, 4) is 11.5 Å². The molecule has 6 nitrogen and oxygen atoms in total. The van der Waals surface area contributed by atoms with Crippen LogP contribution in [-0.2, 0) is 0 Å². The van der Waals surface area contributed by atoms with Gasteiger partial charge in [0.25, 0.3) is 0 Å². The molecular formula is C39H25N5O. The maximum Gasteiger partial charge on any atom is 0.146 e. The van der Waals surface area contributed by atoms with Crippen LogP contribution in [-0.4, -0.2) is 23.8 Å². The second-order valence-electron chi connectivity index (χ2n) is 11.9. The molecule has 0 fully saturated rings. The molecule has 0 saturated heterocycles. The predicted molar refractivity (Wildman–Crippen MR) is 183 cm³/mol. The number of fused-ring (bicyclic) bond motifs is 16. The highest BCUT2D eigenvalue weighted by atomic mass is 16.5. The largest absolute Gasteiger partial charge is 0.457 e. The molecule has 10 aromatic rings. The lowest BCUT2D eigenvalue weighted by molar-refractivity contribution is 0.484. The van der Waals surface area contributed by atoms with E-state index in [2.05, 4.69) is 106 Å². The Morgan fingerprint density at radius 2 is 1.07 bits per heavy atom. The molecule has 0 amide bonds. The Balaban J connectivity index is 1.20. The van der Waals surface area contributed by atoms with Crippen LogP contribution in [0.15, 0.2) is 116 Å². The third-order valence-electron chi connectivity index (χ3n) is 9.30. The molecule has 0 aliphatic heterocycles. The molecule has 5 aromatic carbocycles. The Kier molecular flexibility index (Phi) is 4.76. The van der Waals surface area contributed by atoms with Gasteiger partial charge in [0, 0.05) is 27.7 Å². The van der Waals surface area contributed by atoms with Crippen LogP contribution in [0, 0.1) is 13.8 Å². The number of aromatic nitrogens is 5. The highest BCUT2D eigenvalue weighted by molar-refractivity contribution is 6.15. The Bertz CT molecular complexity index is 2880. The first kappa shape index (κ1) is 24.4. The van der Waals surface area contributed by atoms with E-state index in [1.807, 2.05) is 36.7 Å². The number of benzene rings is 5. The molecule has 5 heterocycles. The van der Waals surface area contributed by atoms with Crippen LogP contribution in [0.25, 0.3) is 76.7 Å². The van der Waals surface area contributed by atoms with Gasteiger partial charge in [0.15, 0.2) is 0 Å². The number of para-hydroxylation sites is 4. The first-order valence-corrected chi connectivity index (χ1v) is 15.1. The first-order valence-electron chi connectivity index (χ1n) is 15.1. The molecule has 5 aromatic heterocycles. The van der Waals surface area contributed by atoms with Gasteiger partial charge in [0.2, 0.25) is 0 Å². The summed E-state index contributed by atoms with van der Waals surface area (Å²) in [7, 11) is 0. The number of hydrogen-bond donors (Lipinski definition) is 0. The third-order valence-corrected chi connectivity index (χ3v) is 9.30. The van der Waals surface area contributed by atoms with Crippen molar-refractivity contribution in [2.45, 2.75) is 13.8 Å². The van der Waals surface area contributed by atoms with E-state index in [-0.39, 0.29) is 0 Å². The summed E-state index contributed by atoms with van der Waals surface area (Å²) >= 11 is 0. The molecule has 0 N–H and O–H groups in total. The highest BCUT2D eigenvalue weighted by Gasteiger charge is 2.17. The van der Waals surface area contributed by atoms with Crippen molar-refractivity contribution < 1.29 is 4.74 Å². The summed E-state index contributed by atoms with van der Waals surface area (Å²) in [5.41, 5.74) is 10.6. The molecular weight excluding hydrogens is 554 g/mol. The van der Waals surface area contributed by atoms with Crippen LogP contribution in [0.1, 0.15) is 11.1 Å². The van der Waals surface area contributed by atoms with Crippen LogP contribution in [0.5, 0.6) is 11.5 Å². The van der Waals surface area contributed by atoms with E-state index in [4.69, 9.17) is 14.7 Å². The summed E-state index contributed by atoms with van der Waals surface area (Å²) < 4.78 is 11.1. The zero-order valence-electron chi connectivity index (χ0n) is 24.6. The monoisotopic (exact) mass is 579 g/mol. The number of ether oxygens (including phenoxy) is 1. The fourth-order valence-corrected chi connectivity index (χ4v) is 7.04. The summed E-state index contributed by atoms with van der Waals surface area (Å²) in [6.45, 7) is 4.34. The third kappa shape index (κ3) is 3.36. The van der Waals surface area contributed by atoms with E-state index in [0.717, 1.165) is 82.8 Å². The van der Waals surface area contributed by atoms with Crippen LogP contribution < -0.4 is 4.74 Å². The molecule has 10 rings (SSSR count). The quantitative estimate of drug-likeness (QED) is 0.191. The summed E-state index contributed by atoms with van der Waals surface area (Å²) in [6.07, 6.45) is 3.76. The first-order chi connectivity index (χ1) is 22.1. The summed E-state index contributed by atoms with van der Waals surface area (Å²) in [4.78, 5) is 14.6. The fraction of sp³-hybridized carbons (Fsp3) is 0.0513. The molecule has 0 aliphatic carbocycles. The second-order valence-corrected chi connectivity index (χ2v) is 11.9. The maximum atomic E-state index is 6.62. The minimum atomic E-state index is 0.751. The molecule has 0 radical (unpaired) electrons. The van der Waals surface area contributed by atoms with Gasteiger partial charge in [-0.1, -0.05) is 24.3 Å². The Hall–Kier alpha value is -6.01. The van der Waals surface area contributed by atoms with Crippen molar-refractivity contribution in [3.05, 3.63) is 127 Å². The van der Waals surface area contributed by atoms with E-state index >= 15 is 0 Å². The SMILES string of the molecule is Cc1cc2c3ccc(Oc4ccc5c6ccncc6n6c7ccccc7nc6c5c4)cc3c3nc4ccccc4n3c2cc1C. The van der Waals surface area contributed by atoms with Crippen molar-refractivity contribution >= 4 is 76.7 Å². The van der Waals surface area contributed by atoms with Gasteiger partial charge in [-0.25, -0.2) is 9.97 Å². The molecule has 0 spiro atoms. The van der Waals surface area contributed by atoms with Gasteiger partial charge in [-0.05, 0) is 115 Å². The van der Waals surface area contributed by atoms with Gasteiger partial charge >= 0.3 is 0 Å². The van der Waals surface area contributed by atoms with Crippen molar-refractivity contribution in [3.63, 3.8) is 0 Å². The van der Waals surface area contributed by atoms with E-state index in [9.17, 15) is 0 Å². The predicted octanol–water partition coefficient (Wildman–Crippen LogP) is 9.71. The maximum absolute atomic E-state index is 6.62. The lowest BCUT2D eigenvalue weighted by atomic mass is 10.0. The number of rotatable bonds is 2. The Morgan fingerprint density at radius 3 is 1.73 bits per heavy atom. The van der Waals surface area contributed by atoms with Gasteiger partial charge in [-0.15, -0.1) is 0 Å². The van der Waals surface area contributed by atoms with Crippen LogP contribution >= 0.6 is 0 Å². The lowest BCUT2D eigenvalue weighted by Crippen LogP contribution is -1.95. The smallest absolute Gasteiger partial charge is 0.146 e. The molecule has 0 saturated carbocycles. The van der Waals surface area contributed by atoms with Gasteiger partial charge in [-0.2, -0.15) is 0 Å². The van der Waals surface area contributed by atoms with Crippen molar-refractivity contribution in [2.24, 2.45) is 0 Å². The molecule has 45 heavy (non-hydrogen) atoms. The Labute approximate surface area is 256 Å². The second kappa shape index (κ2) is 8.77. The highest BCUT2D eigenvalue weighted by Crippen LogP contribution is 2.38. The molecule has 6 heteroatoms. The van der Waals surface area contributed by atoms with Gasteiger partial charge in [0.05, 0.1) is 39.3 Å². The standard InChI is InChI=1S/C39H25N5O/c1-22-17-29-27-14-12-25(20-31(27)38-41-32-7-3-5-9-34(32)43(38)36(29)18-23(22)2)45-24-11-13-26-28-15-16-40-21-37(28)44-35-10-6-4-8-33(35)42-39(44)30(26)19-24/h3-21H,1-2H3. The lowest BCUT2D eigenvalue weighted by Gasteiger charge is -2.14. The molecule has 0 bridgehead atoms. The topological polar surface area (TPSA) is 56.7 Å². The molecule has 212 valence electrons. The normalized spacial score (nSPS) is 12.2. The summed E-state index contributed by atoms with van der Waals surface area (Å²) in [5.74, 6) is 1.51. The molecule has 0 atom stereocenters. The van der Waals surface area contributed by atoms with Gasteiger partial charge < -0.3 is 4.74 Å². The van der Waals surface area contributed by atoms with E-state index in [1.54, 1.807) is 0 Å². The Morgan fingerprint density at radius 1 is 0.489 bits per heavy atom. The molecule has 0 aliphatic rings. The van der Waals surface area contributed by atoms with E-state index in [0.29, 0.717) is 0 Å².